The molecule has 1 unspecified atom stereocenters. The highest BCUT2D eigenvalue weighted by Crippen LogP contribution is 2.29. The first-order valence-corrected chi connectivity index (χ1v) is 9.98. The molecule has 0 radical (unpaired) electrons. The summed E-state index contributed by atoms with van der Waals surface area (Å²) in [5.41, 5.74) is 0.626. The fraction of sp³-hybridized carbons (Fsp3) is 0.0526. The molecule has 0 amide bonds. The van der Waals surface area contributed by atoms with Gasteiger partial charge in [0.1, 0.15) is 28.1 Å². The van der Waals surface area contributed by atoms with Crippen LogP contribution in [0.1, 0.15) is 15.9 Å². The van der Waals surface area contributed by atoms with Crippen molar-refractivity contribution in [1.82, 2.24) is 9.97 Å². The highest BCUT2D eigenvalue weighted by atomic mass is 35.5. The number of H-pyrrole nitrogens is 1. The number of carbonyl (C=O) groups excluding carboxylic acids is 1. The first kappa shape index (κ1) is 18.5. The number of carbonyl (C=O) groups is 1. The molecule has 0 aliphatic carbocycles. The summed E-state index contributed by atoms with van der Waals surface area (Å²) in [5.74, 6) is -2.66. The number of benzene rings is 2. The van der Waals surface area contributed by atoms with E-state index in [0.717, 1.165) is 23.0 Å². The van der Waals surface area contributed by atoms with Crippen molar-refractivity contribution in [1.29, 1.82) is 0 Å². The quantitative estimate of drug-likeness (QED) is 0.475. The van der Waals surface area contributed by atoms with Gasteiger partial charge in [-0.15, -0.1) is 0 Å². The number of rotatable bonds is 4. The van der Waals surface area contributed by atoms with Gasteiger partial charge < -0.3 is 9.71 Å². The van der Waals surface area contributed by atoms with Crippen molar-refractivity contribution in [2.24, 2.45) is 0 Å². The SMILES string of the molecule is CS(=O)Nc1c(F)ccc(C(=O)c2ccc3[nH]c4ncc(Cl)cc4c3c2)c1F. The van der Waals surface area contributed by atoms with Gasteiger partial charge in [-0.2, -0.15) is 0 Å². The second kappa shape index (κ2) is 6.96. The van der Waals surface area contributed by atoms with Crippen LogP contribution < -0.4 is 4.72 Å². The van der Waals surface area contributed by atoms with Crippen LogP contribution in [0.25, 0.3) is 21.9 Å². The molecule has 0 bridgehead atoms. The van der Waals surface area contributed by atoms with E-state index < -0.39 is 34.1 Å². The van der Waals surface area contributed by atoms with Crippen molar-refractivity contribution in [3.05, 3.63) is 70.4 Å². The molecule has 9 heteroatoms. The van der Waals surface area contributed by atoms with E-state index in [2.05, 4.69) is 14.7 Å². The van der Waals surface area contributed by atoms with E-state index in [9.17, 15) is 17.8 Å². The minimum absolute atomic E-state index is 0.211. The van der Waals surface area contributed by atoms with Crippen LogP contribution in [0.15, 0.2) is 42.6 Å². The summed E-state index contributed by atoms with van der Waals surface area (Å²) >= 11 is 6.01. The molecule has 2 aromatic carbocycles. The van der Waals surface area contributed by atoms with Crippen molar-refractivity contribution in [2.75, 3.05) is 11.0 Å². The van der Waals surface area contributed by atoms with Crippen LogP contribution in [0.4, 0.5) is 14.5 Å². The molecular formula is C19H12ClF2N3O2S. The Balaban J connectivity index is 1.84. The fourth-order valence-electron chi connectivity index (χ4n) is 3.01. The van der Waals surface area contributed by atoms with Gasteiger partial charge in [0.15, 0.2) is 11.6 Å². The number of anilines is 1. The number of pyridine rings is 1. The summed E-state index contributed by atoms with van der Waals surface area (Å²) in [6.07, 6.45) is 2.74. The van der Waals surface area contributed by atoms with Crippen molar-refractivity contribution in [3.63, 3.8) is 0 Å². The van der Waals surface area contributed by atoms with Gasteiger partial charge in [-0.05, 0) is 36.4 Å². The molecule has 142 valence electrons. The predicted molar refractivity (Wildman–Crippen MR) is 106 cm³/mol. The Hall–Kier alpha value is -2.84. The molecule has 2 heterocycles. The van der Waals surface area contributed by atoms with Gasteiger partial charge in [0.2, 0.25) is 0 Å². The van der Waals surface area contributed by atoms with E-state index in [1.165, 1.54) is 18.5 Å². The molecule has 1 atom stereocenters. The summed E-state index contributed by atoms with van der Waals surface area (Å²) in [6.45, 7) is 0. The molecule has 0 spiro atoms. The van der Waals surface area contributed by atoms with E-state index in [0.29, 0.717) is 16.1 Å². The Kier molecular flexibility index (Phi) is 4.60. The highest BCUT2D eigenvalue weighted by Gasteiger charge is 2.21. The van der Waals surface area contributed by atoms with Gasteiger partial charge in [-0.25, -0.2) is 18.0 Å². The number of ketones is 1. The molecule has 0 saturated carbocycles. The maximum atomic E-state index is 14.7. The average molecular weight is 420 g/mol. The maximum Gasteiger partial charge on any atom is 0.196 e. The number of nitrogens with one attached hydrogen (secondary N) is 2. The van der Waals surface area contributed by atoms with E-state index in [1.54, 1.807) is 18.2 Å². The normalized spacial score (nSPS) is 12.4. The number of hydrogen-bond donors (Lipinski definition) is 2. The molecule has 4 aromatic rings. The largest absolute Gasteiger partial charge is 0.339 e. The van der Waals surface area contributed by atoms with Gasteiger partial charge in [0, 0.05) is 34.3 Å². The van der Waals surface area contributed by atoms with E-state index >= 15 is 0 Å². The Morgan fingerprint density at radius 3 is 2.71 bits per heavy atom. The fourth-order valence-corrected chi connectivity index (χ4v) is 3.64. The highest BCUT2D eigenvalue weighted by molar-refractivity contribution is 7.85. The molecular weight excluding hydrogens is 408 g/mol. The van der Waals surface area contributed by atoms with Crippen LogP contribution in [0.3, 0.4) is 0 Å². The number of nitrogens with zero attached hydrogens (tertiary/aromatic N) is 1. The zero-order chi connectivity index (χ0) is 20.0. The van der Waals surface area contributed by atoms with E-state index in [-0.39, 0.29) is 11.1 Å². The number of aromatic nitrogens is 2. The second-order valence-electron chi connectivity index (χ2n) is 6.10. The zero-order valence-corrected chi connectivity index (χ0v) is 15.9. The lowest BCUT2D eigenvalue weighted by Crippen LogP contribution is -2.11. The zero-order valence-electron chi connectivity index (χ0n) is 14.3. The molecule has 4 rings (SSSR count). The van der Waals surface area contributed by atoms with Gasteiger partial charge in [0.25, 0.3) is 0 Å². The molecule has 0 aliphatic heterocycles. The number of hydrogen-bond acceptors (Lipinski definition) is 3. The molecule has 28 heavy (non-hydrogen) atoms. The Bertz CT molecular complexity index is 1290. The van der Waals surface area contributed by atoms with Crippen LogP contribution in [0.5, 0.6) is 0 Å². The Morgan fingerprint density at radius 2 is 1.96 bits per heavy atom. The predicted octanol–water partition coefficient (Wildman–Crippen LogP) is 4.58. The molecule has 0 aliphatic rings. The smallest absolute Gasteiger partial charge is 0.196 e. The second-order valence-corrected chi connectivity index (χ2v) is 7.65. The standard InChI is InChI=1S/C19H12ClF2N3O2S/c1-28(27)25-17-14(21)4-3-11(16(17)22)18(26)9-2-5-15-12(6-9)13-7-10(20)8-23-19(13)24-15/h2-8,25H,1H3,(H,23,24). The molecule has 0 saturated heterocycles. The molecule has 0 fully saturated rings. The van der Waals surface area contributed by atoms with Crippen molar-refractivity contribution in [2.45, 2.75) is 0 Å². The van der Waals surface area contributed by atoms with Crippen molar-refractivity contribution >= 4 is 56.0 Å². The summed E-state index contributed by atoms with van der Waals surface area (Å²) in [4.78, 5) is 20.2. The summed E-state index contributed by atoms with van der Waals surface area (Å²) in [7, 11) is -1.70. The lowest BCUT2D eigenvalue weighted by molar-refractivity contribution is 0.103. The van der Waals surface area contributed by atoms with E-state index in [4.69, 9.17) is 11.6 Å². The number of halogens is 3. The first-order valence-electron chi connectivity index (χ1n) is 8.05. The van der Waals surface area contributed by atoms with E-state index in [1.807, 2.05) is 0 Å². The topological polar surface area (TPSA) is 74.8 Å². The Labute approximate surface area is 165 Å². The third kappa shape index (κ3) is 3.14. The summed E-state index contributed by atoms with van der Waals surface area (Å²) < 4.78 is 42.0. The minimum Gasteiger partial charge on any atom is -0.339 e. The summed E-state index contributed by atoms with van der Waals surface area (Å²) in [5, 5.41) is 1.87. The monoisotopic (exact) mass is 419 g/mol. The van der Waals surface area contributed by atoms with Crippen molar-refractivity contribution in [3.8, 4) is 0 Å². The summed E-state index contributed by atoms with van der Waals surface area (Å²) in [6, 6.07) is 8.56. The van der Waals surface area contributed by atoms with Crippen LogP contribution in [0, 0.1) is 11.6 Å². The van der Waals surface area contributed by atoms with Crippen molar-refractivity contribution < 1.29 is 17.8 Å². The van der Waals surface area contributed by atoms with Crippen LogP contribution in [-0.2, 0) is 11.0 Å². The number of fused-ring (bicyclic) bond motifs is 3. The number of aromatic amines is 1. The molecule has 2 aromatic heterocycles. The Morgan fingerprint density at radius 1 is 1.18 bits per heavy atom. The average Bonchev–Trinajstić information content (AvgIpc) is 3.01. The minimum atomic E-state index is -1.70. The lowest BCUT2D eigenvalue weighted by Gasteiger charge is -2.10. The van der Waals surface area contributed by atoms with Gasteiger partial charge in [0.05, 0.1) is 10.6 Å². The molecule has 2 N–H and O–H groups in total. The lowest BCUT2D eigenvalue weighted by atomic mass is 10.00. The van der Waals surface area contributed by atoms with Crippen LogP contribution in [0.2, 0.25) is 5.02 Å². The molecule has 5 nitrogen and oxygen atoms in total. The maximum absolute atomic E-state index is 14.7. The van der Waals surface area contributed by atoms with Gasteiger partial charge in [-0.1, -0.05) is 11.6 Å². The third-order valence-corrected chi connectivity index (χ3v) is 4.96. The van der Waals surface area contributed by atoms with Crippen LogP contribution >= 0.6 is 11.6 Å². The first-order chi connectivity index (χ1) is 13.3. The van der Waals surface area contributed by atoms with Gasteiger partial charge >= 0.3 is 0 Å². The third-order valence-electron chi connectivity index (χ3n) is 4.26. The van der Waals surface area contributed by atoms with Crippen LogP contribution in [-0.4, -0.2) is 26.2 Å². The van der Waals surface area contributed by atoms with Gasteiger partial charge in [-0.3, -0.25) is 4.79 Å².